The highest BCUT2D eigenvalue weighted by Crippen LogP contribution is 2.34. The summed E-state index contributed by atoms with van der Waals surface area (Å²) in [7, 11) is 0. The Bertz CT molecular complexity index is 1080. The number of rotatable bonds is 8. The minimum Gasteiger partial charge on any atom is -0.376 e. The molecule has 0 radical (unpaired) electrons. The Hall–Kier alpha value is -2.60. The largest absolute Gasteiger partial charge is 0.376 e. The zero-order valence-corrected chi connectivity index (χ0v) is 18.2. The molecule has 4 rings (SSSR count). The van der Waals surface area contributed by atoms with E-state index in [4.69, 9.17) is 16.3 Å². The second-order valence-corrected chi connectivity index (χ2v) is 8.35. The van der Waals surface area contributed by atoms with Crippen molar-refractivity contribution in [3.05, 3.63) is 94.8 Å². The van der Waals surface area contributed by atoms with Crippen molar-refractivity contribution >= 4 is 17.4 Å². The fourth-order valence-corrected chi connectivity index (χ4v) is 4.29. The van der Waals surface area contributed by atoms with Crippen molar-refractivity contribution < 1.29 is 18.3 Å². The molecule has 1 aliphatic heterocycles. The van der Waals surface area contributed by atoms with Gasteiger partial charge < -0.3 is 10.1 Å². The highest BCUT2D eigenvalue weighted by molar-refractivity contribution is 6.33. The van der Waals surface area contributed by atoms with Crippen molar-refractivity contribution in [1.29, 1.82) is 0 Å². The number of ether oxygens (including phenoxy) is 1. The van der Waals surface area contributed by atoms with Gasteiger partial charge in [0.15, 0.2) is 5.78 Å². The third kappa shape index (κ3) is 5.07. The van der Waals surface area contributed by atoms with Crippen LogP contribution in [0, 0.1) is 5.82 Å². The van der Waals surface area contributed by atoms with E-state index in [1.165, 1.54) is 0 Å². The predicted octanol–water partition coefficient (Wildman–Crippen LogP) is 5.72. The first-order valence-corrected chi connectivity index (χ1v) is 11.0. The molecule has 0 saturated carbocycles. The Labute approximate surface area is 191 Å². The molecule has 0 aromatic heterocycles. The van der Waals surface area contributed by atoms with Crippen LogP contribution < -0.4 is 5.32 Å². The van der Waals surface area contributed by atoms with Crippen LogP contribution in [0.5, 0.6) is 0 Å². The minimum absolute atomic E-state index is 0.00818. The van der Waals surface area contributed by atoms with E-state index in [1.807, 2.05) is 30.3 Å². The van der Waals surface area contributed by atoms with E-state index in [0.717, 1.165) is 5.56 Å². The summed E-state index contributed by atoms with van der Waals surface area (Å²) in [5.41, 5.74) is 2.04. The van der Waals surface area contributed by atoms with Crippen molar-refractivity contribution in [3.63, 3.8) is 0 Å². The summed E-state index contributed by atoms with van der Waals surface area (Å²) in [5.74, 6) is -1.66. The summed E-state index contributed by atoms with van der Waals surface area (Å²) in [4.78, 5) is 13.3. The smallest absolute Gasteiger partial charge is 0.159 e. The molecule has 3 atom stereocenters. The van der Waals surface area contributed by atoms with E-state index in [-0.39, 0.29) is 30.9 Å². The van der Waals surface area contributed by atoms with Crippen molar-refractivity contribution in [1.82, 2.24) is 5.32 Å². The molecule has 3 nitrogen and oxygen atoms in total. The van der Waals surface area contributed by atoms with Crippen LogP contribution in [-0.2, 0) is 16.1 Å². The molecule has 32 heavy (non-hydrogen) atoms. The fourth-order valence-electron chi connectivity index (χ4n) is 4.05. The van der Waals surface area contributed by atoms with E-state index in [9.17, 15) is 9.18 Å². The molecular formula is C26H24ClF2NO2. The first-order chi connectivity index (χ1) is 15.5. The van der Waals surface area contributed by atoms with E-state index < -0.39 is 23.9 Å². The lowest BCUT2D eigenvalue weighted by molar-refractivity contribution is -0.123. The molecule has 1 N–H and O–H groups in total. The molecule has 1 heterocycles. The van der Waals surface area contributed by atoms with Crippen LogP contribution in [0.25, 0.3) is 11.1 Å². The summed E-state index contributed by atoms with van der Waals surface area (Å²) in [5, 5.41) is 3.34. The maximum absolute atomic E-state index is 15.7. The van der Waals surface area contributed by atoms with Crippen LogP contribution >= 0.6 is 11.6 Å². The highest BCUT2D eigenvalue weighted by atomic mass is 35.5. The van der Waals surface area contributed by atoms with Gasteiger partial charge in [-0.3, -0.25) is 4.79 Å². The lowest BCUT2D eigenvalue weighted by atomic mass is 9.88. The van der Waals surface area contributed by atoms with Crippen LogP contribution in [-0.4, -0.2) is 31.1 Å². The van der Waals surface area contributed by atoms with Crippen molar-refractivity contribution in [2.45, 2.75) is 31.2 Å². The lowest BCUT2D eigenvalue weighted by Gasteiger charge is -2.22. The van der Waals surface area contributed by atoms with E-state index in [1.54, 1.807) is 42.5 Å². The summed E-state index contributed by atoms with van der Waals surface area (Å²) >= 11 is 6.29. The number of benzene rings is 3. The van der Waals surface area contributed by atoms with Gasteiger partial charge in [0, 0.05) is 34.7 Å². The SMILES string of the molecule is O=C([C@@H]1C[C@@H](F)CN1)[C@@H](COCc1ccccc1)c1cccc(-c2ccccc2Cl)c1F. The van der Waals surface area contributed by atoms with Gasteiger partial charge in [-0.1, -0.05) is 78.3 Å². The number of ketones is 1. The summed E-state index contributed by atoms with van der Waals surface area (Å²) in [6.07, 6.45) is -1.01. The number of halogens is 3. The minimum atomic E-state index is -1.09. The summed E-state index contributed by atoms with van der Waals surface area (Å²) in [6.45, 7) is 0.405. The summed E-state index contributed by atoms with van der Waals surface area (Å²) < 4.78 is 35.3. The maximum atomic E-state index is 15.7. The highest BCUT2D eigenvalue weighted by Gasteiger charge is 2.36. The molecule has 0 unspecified atom stereocenters. The Kier molecular flexibility index (Phi) is 7.30. The monoisotopic (exact) mass is 455 g/mol. The molecule has 1 aliphatic rings. The summed E-state index contributed by atoms with van der Waals surface area (Å²) in [6, 6.07) is 20.8. The zero-order valence-electron chi connectivity index (χ0n) is 17.4. The number of alkyl halides is 1. The average molecular weight is 456 g/mol. The second kappa shape index (κ2) is 10.3. The molecule has 3 aromatic rings. The fraction of sp³-hybridized carbons (Fsp3) is 0.269. The number of nitrogens with one attached hydrogen (secondary N) is 1. The molecule has 6 heteroatoms. The van der Waals surface area contributed by atoms with Gasteiger partial charge in [-0.2, -0.15) is 0 Å². The van der Waals surface area contributed by atoms with Gasteiger partial charge in [-0.15, -0.1) is 0 Å². The zero-order chi connectivity index (χ0) is 22.5. The quantitative estimate of drug-likeness (QED) is 0.472. The topological polar surface area (TPSA) is 38.3 Å². The van der Waals surface area contributed by atoms with Crippen LogP contribution in [0.4, 0.5) is 8.78 Å². The van der Waals surface area contributed by atoms with Gasteiger partial charge in [0.05, 0.1) is 25.2 Å². The van der Waals surface area contributed by atoms with Gasteiger partial charge in [-0.25, -0.2) is 8.78 Å². The number of carbonyl (C=O) groups excluding carboxylic acids is 1. The lowest BCUT2D eigenvalue weighted by Crippen LogP contribution is -2.36. The molecule has 1 saturated heterocycles. The van der Waals surface area contributed by atoms with Gasteiger partial charge in [0.2, 0.25) is 0 Å². The molecule has 0 aliphatic carbocycles. The Morgan fingerprint density at radius 3 is 2.47 bits per heavy atom. The van der Waals surface area contributed by atoms with Gasteiger partial charge >= 0.3 is 0 Å². The van der Waals surface area contributed by atoms with Crippen LogP contribution in [0.3, 0.4) is 0 Å². The first-order valence-electron chi connectivity index (χ1n) is 10.6. The molecule has 0 bridgehead atoms. The van der Waals surface area contributed by atoms with Crippen molar-refractivity contribution in [3.8, 4) is 11.1 Å². The Morgan fingerprint density at radius 1 is 1.03 bits per heavy atom. The number of Topliss-reactive ketones (excluding diaryl/α,β-unsaturated/α-hetero) is 1. The van der Waals surface area contributed by atoms with Crippen molar-refractivity contribution in [2.24, 2.45) is 0 Å². The van der Waals surface area contributed by atoms with E-state index >= 15 is 4.39 Å². The first kappa shape index (κ1) is 22.6. The Balaban J connectivity index is 1.64. The van der Waals surface area contributed by atoms with Crippen LogP contribution in [0.1, 0.15) is 23.5 Å². The van der Waals surface area contributed by atoms with E-state index in [0.29, 0.717) is 22.8 Å². The van der Waals surface area contributed by atoms with Gasteiger partial charge in [0.1, 0.15) is 12.0 Å². The third-order valence-corrected chi connectivity index (χ3v) is 6.06. The number of carbonyl (C=O) groups is 1. The Morgan fingerprint density at radius 2 is 1.75 bits per heavy atom. The molecule has 1 fully saturated rings. The van der Waals surface area contributed by atoms with Gasteiger partial charge in [-0.05, 0) is 11.6 Å². The van der Waals surface area contributed by atoms with E-state index in [2.05, 4.69) is 5.32 Å². The molecular weight excluding hydrogens is 432 g/mol. The number of hydrogen-bond donors (Lipinski definition) is 1. The second-order valence-electron chi connectivity index (χ2n) is 7.94. The maximum Gasteiger partial charge on any atom is 0.159 e. The molecule has 3 aromatic carbocycles. The van der Waals surface area contributed by atoms with Crippen LogP contribution in [0.15, 0.2) is 72.8 Å². The van der Waals surface area contributed by atoms with Gasteiger partial charge in [0.25, 0.3) is 0 Å². The molecule has 0 spiro atoms. The normalized spacial score (nSPS) is 19.1. The third-order valence-electron chi connectivity index (χ3n) is 5.73. The number of hydrogen-bond acceptors (Lipinski definition) is 3. The molecule has 0 amide bonds. The molecule has 166 valence electrons. The standard InChI is InChI=1S/C26H24ClF2NO2/c27-23-12-5-4-9-19(23)20-10-6-11-21(25(20)29)22(26(31)24-13-18(28)14-30-24)16-32-15-17-7-2-1-3-8-17/h1-12,18,22,24,30H,13-16H2/t18-,22+,24+/m1/s1. The predicted molar refractivity (Wildman–Crippen MR) is 122 cm³/mol. The average Bonchev–Trinajstić information content (AvgIpc) is 3.24. The van der Waals surface area contributed by atoms with Crippen molar-refractivity contribution in [2.75, 3.05) is 13.2 Å². The van der Waals surface area contributed by atoms with Crippen LogP contribution in [0.2, 0.25) is 5.02 Å².